The van der Waals surface area contributed by atoms with Crippen molar-refractivity contribution in [2.45, 2.75) is 61.9 Å². The van der Waals surface area contributed by atoms with Crippen LogP contribution >= 0.6 is 0 Å². The van der Waals surface area contributed by atoms with Crippen molar-refractivity contribution in [1.82, 2.24) is 10.2 Å². The zero-order valence-corrected chi connectivity index (χ0v) is 22.0. The van der Waals surface area contributed by atoms with Crippen LogP contribution < -0.4 is 14.8 Å². The molecule has 0 radical (unpaired) electrons. The van der Waals surface area contributed by atoms with E-state index >= 15 is 0 Å². The molecule has 1 saturated heterocycles. The third kappa shape index (κ3) is 6.41. The summed E-state index contributed by atoms with van der Waals surface area (Å²) in [5.41, 5.74) is -0.0278. The number of carbonyl (C=O) groups excluding carboxylic acids is 1. The van der Waals surface area contributed by atoms with Crippen LogP contribution in [0.15, 0.2) is 54.6 Å². The zero-order valence-electron chi connectivity index (χ0n) is 22.0. The number of β-amino-alcohol motifs (C(OH)–C–C–N with tert-alkyl or cyclic N) is 1. The van der Waals surface area contributed by atoms with E-state index in [2.05, 4.69) is 15.0 Å². The van der Waals surface area contributed by atoms with Crippen LogP contribution in [0.1, 0.15) is 49.7 Å². The minimum Gasteiger partial charge on any atom is -0.497 e. The van der Waals surface area contributed by atoms with Gasteiger partial charge in [-0.05, 0) is 92.5 Å². The molecular formula is C30H35F3N2O4. The van der Waals surface area contributed by atoms with Gasteiger partial charge < -0.3 is 24.8 Å². The first kappa shape index (κ1) is 27.5. The Bertz CT molecular complexity index is 1210. The molecule has 3 fully saturated rings. The molecule has 3 aliphatic rings. The standard InChI is InChI=1S/C30H35F3N2O4/c1-38-25-6-3-5-23(17-25)28-14-15-35(19-22-8-9-22)20-29(28,37)13-12-24(18-28)34-27(36)11-10-21-4-2-7-26(16-21)39-30(31,32)33/h2-7,10-11,16-17,22,24,37H,8-9,12-15,18-20H2,1H3,(H,34,36). The lowest BCUT2D eigenvalue weighted by molar-refractivity contribution is -0.274. The average molecular weight is 545 g/mol. The number of alkyl halides is 3. The number of nitrogens with one attached hydrogen (secondary N) is 1. The highest BCUT2D eigenvalue weighted by Crippen LogP contribution is 2.52. The van der Waals surface area contributed by atoms with E-state index in [1.54, 1.807) is 13.2 Å². The Labute approximate surface area is 226 Å². The fraction of sp³-hybridized carbons (Fsp3) is 0.500. The van der Waals surface area contributed by atoms with Gasteiger partial charge in [0.1, 0.15) is 11.5 Å². The maximum atomic E-state index is 12.9. The number of amides is 1. The topological polar surface area (TPSA) is 71.0 Å². The van der Waals surface area contributed by atoms with E-state index < -0.39 is 17.4 Å². The number of ether oxygens (including phenoxy) is 2. The highest BCUT2D eigenvalue weighted by atomic mass is 19.4. The lowest BCUT2D eigenvalue weighted by atomic mass is 9.55. The van der Waals surface area contributed by atoms with Gasteiger partial charge in [0.25, 0.3) is 0 Å². The molecule has 3 atom stereocenters. The first-order valence-electron chi connectivity index (χ1n) is 13.5. The molecular weight excluding hydrogens is 509 g/mol. The molecule has 1 aliphatic heterocycles. The summed E-state index contributed by atoms with van der Waals surface area (Å²) in [4.78, 5) is 15.3. The summed E-state index contributed by atoms with van der Waals surface area (Å²) in [6, 6.07) is 13.2. The molecule has 0 aromatic heterocycles. The van der Waals surface area contributed by atoms with E-state index in [4.69, 9.17) is 4.74 Å². The van der Waals surface area contributed by atoms with Gasteiger partial charge in [-0.1, -0.05) is 24.3 Å². The lowest BCUT2D eigenvalue weighted by Gasteiger charge is -2.58. The smallest absolute Gasteiger partial charge is 0.497 e. The Balaban J connectivity index is 1.31. The quantitative estimate of drug-likeness (QED) is 0.455. The summed E-state index contributed by atoms with van der Waals surface area (Å²) >= 11 is 0. The van der Waals surface area contributed by atoms with Crippen LogP contribution in [0.4, 0.5) is 13.2 Å². The van der Waals surface area contributed by atoms with Gasteiger partial charge >= 0.3 is 6.36 Å². The molecule has 2 saturated carbocycles. The lowest BCUT2D eigenvalue weighted by Crippen LogP contribution is -2.67. The zero-order chi connectivity index (χ0) is 27.7. The second-order valence-corrected chi connectivity index (χ2v) is 11.2. The maximum Gasteiger partial charge on any atom is 0.573 e. The normalized spacial score (nSPS) is 27.7. The maximum absolute atomic E-state index is 12.9. The number of rotatable bonds is 8. The van der Waals surface area contributed by atoms with E-state index in [1.807, 2.05) is 24.3 Å². The first-order chi connectivity index (χ1) is 18.6. The number of carbonyl (C=O) groups is 1. The number of hydrogen-bond donors (Lipinski definition) is 2. The molecule has 3 unspecified atom stereocenters. The SMILES string of the molecule is COc1cccc(C23CCN(CC4CC4)CC2(O)CCC(NC(=O)C=Cc2cccc(OC(F)(F)F)c2)C3)c1. The summed E-state index contributed by atoms with van der Waals surface area (Å²) in [7, 11) is 1.63. The molecule has 0 spiro atoms. The number of halogens is 3. The largest absolute Gasteiger partial charge is 0.573 e. The number of hydrogen-bond acceptors (Lipinski definition) is 5. The molecule has 5 rings (SSSR count). The number of benzene rings is 2. The molecule has 2 aliphatic carbocycles. The summed E-state index contributed by atoms with van der Waals surface area (Å²) in [5.74, 6) is 0.793. The van der Waals surface area contributed by atoms with Crippen molar-refractivity contribution in [3.8, 4) is 11.5 Å². The van der Waals surface area contributed by atoms with E-state index in [0.717, 1.165) is 36.7 Å². The Morgan fingerprint density at radius 3 is 2.64 bits per heavy atom. The van der Waals surface area contributed by atoms with Gasteiger partial charge in [0.2, 0.25) is 5.91 Å². The third-order valence-electron chi connectivity index (χ3n) is 8.43. The van der Waals surface area contributed by atoms with Gasteiger partial charge in [-0.3, -0.25) is 4.79 Å². The van der Waals surface area contributed by atoms with Gasteiger partial charge in [0.05, 0.1) is 12.7 Å². The number of methoxy groups -OCH3 is 1. The fourth-order valence-electron chi connectivity index (χ4n) is 6.36. The number of likely N-dealkylation sites (tertiary alicyclic amines) is 1. The Kier molecular flexibility index (Phi) is 7.66. The highest BCUT2D eigenvalue weighted by molar-refractivity contribution is 5.92. The molecule has 2 N–H and O–H groups in total. The van der Waals surface area contributed by atoms with Crippen molar-refractivity contribution in [2.75, 3.05) is 26.7 Å². The Morgan fingerprint density at radius 2 is 1.90 bits per heavy atom. The summed E-state index contributed by atoms with van der Waals surface area (Å²) < 4.78 is 47.1. The van der Waals surface area contributed by atoms with Crippen LogP contribution in [0.3, 0.4) is 0 Å². The molecule has 39 heavy (non-hydrogen) atoms. The van der Waals surface area contributed by atoms with Crippen LogP contribution in [0.25, 0.3) is 6.08 Å². The average Bonchev–Trinajstić information content (AvgIpc) is 3.71. The predicted octanol–water partition coefficient (Wildman–Crippen LogP) is 5.06. The van der Waals surface area contributed by atoms with E-state index in [-0.39, 0.29) is 17.7 Å². The second kappa shape index (κ2) is 10.8. The highest BCUT2D eigenvalue weighted by Gasteiger charge is 2.57. The van der Waals surface area contributed by atoms with Gasteiger partial charge in [-0.25, -0.2) is 0 Å². The summed E-state index contributed by atoms with van der Waals surface area (Å²) in [6.07, 6.45) is 3.07. The van der Waals surface area contributed by atoms with E-state index in [9.17, 15) is 23.1 Å². The minimum absolute atomic E-state index is 0.163. The number of nitrogens with zero attached hydrogens (tertiary/aromatic N) is 1. The Hall–Kier alpha value is -3.04. The number of piperidine rings is 1. The minimum atomic E-state index is -4.78. The van der Waals surface area contributed by atoms with Crippen LogP contribution in [-0.4, -0.2) is 60.7 Å². The van der Waals surface area contributed by atoms with E-state index in [1.165, 1.54) is 43.2 Å². The number of fused-ring (bicyclic) bond motifs is 1. The molecule has 1 amide bonds. The van der Waals surface area contributed by atoms with Gasteiger partial charge in [0.15, 0.2) is 0 Å². The van der Waals surface area contributed by atoms with E-state index in [0.29, 0.717) is 31.4 Å². The van der Waals surface area contributed by atoms with Crippen LogP contribution in [0, 0.1) is 5.92 Å². The molecule has 6 nitrogen and oxygen atoms in total. The molecule has 0 bridgehead atoms. The van der Waals surface area contributed by atoms with Gasteiger partial charge in [0, 0.05) is 30.6 Å². The van der Waals surface area contributed by atoms with Crippen molar-refractivity contribution < 1.29 is 32.5 Å². The van der Waals surface area contributed by atoms with Crippen molar-refractivity contribution in [2.24, 2.45) is 5.92 Å². The summed E-state index contributed by atoms with van der Waals surface area (Å²) in [6.45, 7) is 2.52. The molecule has 9 heteroatoms. The summed E-state index contributed by atoms with van der Waals surface area (Å²) in [5, 5.41) is 15.2. The second-order valence-electron chi connectivity index (χ2n) is 11.2. The van der Waals surface area contributed by atoms with Crippen molar-refractivity contribution in [3.63, 3.8) is 0 Å². The Morgan fingerprint density at radius 1 is 1.13 bits per heavy atom. The van der Waals surface area contributed by atoms with Crippen LogP contribution in [0.2, 0.25) is 0 Å². The van der Waals surface area contributed by atoms with Crippen molar-refractivity contribution in [3.05, 3.63) is 65.7 Å². The molecule has 2 aromatic rings. The van der Waals surface area contributed by atoms with Gasteiger partial charge in [-0.2, -0.15) is 0 Å². The van der Waals surface area contributed by atoms with Crippen molar-refractivity contribution in [1.29, 1.82) is 0 Å². The van der Waals surface area contributed by atoms with Gasteiger partial charge in [-0.15, -0.1) is 13.2 Å². The van der Waals surface area contributed by atoms with Crippen molar-refractivity contribution >= 4 is 12.0 Å². The fourth-order valence-corrected chi connectivity index (χ4v) is 6.36. The molecule has 2 aromatic carbocycles. The monoisotopic (exact) mass is 544 g/mol. The third-order valence-corrected chi connectivity index (χ3v) is 8.43. The van der Waals surface area contributed by atoms with Crippen LogP contribution in [-0.2, 0) is 10.2 Å². The molecule has 1 heterocycles. The first-order valence-corrected chi connectivity index (χ1v) is 13.5. The predicted molar refractivity (Wildman–Crippen MR) is 141 cm³/mol. The van der Waals surface area contributed by atoms with Crippen LogP contribution in [0.5, 0.6) is 11.5 Å². The molecule has 210 valence electrons. The number of aliphatic hydroxyl groups is 1.